The fourth-order valence-electron chi connectivity index (χ4n) is 4.75. The first-order valence-electron chi connectivity index (χ1n) is 10.7. The first kappa shape index (κ1) is 21.6. The molecule has 2 saturated carbocycles. The molecular weight excluding hydrogens is 417 g/mol. The van der Waals surface area contributed by atoms with E-state index in [0.717, 1.165) is 56.7 Å². The van der Waals surface area contributed by atoms with Gasteiger partial charge in [0.15, 0.2) is 0 Å². The van der Waals surface area contributed by atoms with Crippen LogP contribution < -0.4 is 0 Å². The highest BCUT2D eigenvalue weighted by Crippen LogP contribution is 2.38. The predicted octanol–water partition coefficient (Wildman–Crippen LogP) is 4.04. The highest BCUT2D eigenvalue weighted by molar-refractivity contribution is 7.89. The average molecular weight is 445 g/mol. The first-order valence-corrected chi connectivity index (χ1v) is 12.1. The lowest BCUT2D eigenvalue weighted by Gasteiger charge is -2.38. The van der Waals surface area contributed by atoms with Crippen molar-refractivity contribution < 1.29 is 26.4 Å². The van der Waals surface area contributed by atoms with E-state index in [1.54, 1.807) is 0 Å². The summed E-state index contributed by atoms with van der Waals surface area (Å²) in [4.78, 5) is 14.2. The molecule has 1 aliphatic heterocycles. The van der Waals surface area contributed by atoms with E-state index in [1.165, 1.54) is 10.4 Å². The second kappa shape index (κ2) is 8.15. The molecule has 166 valence electrons. The fourth-order valence-corrected chi connectivity index (χ4v) is 6.72. The van der Waals surface area contributed by atoms with Crippen LogP contribution >= 0.6 is 0 Å². The normalized spacial score (nSPS) is 22.1. The second-order valence-corrected chi connectivity index (χ2v) is 10.5. The molecule has 0 spiro atoms. The molecule has 0 unspecified atom stereocenters. The molecule has 3 fully saturated rings. The van der Waals surface area contributed by atoms with Crippen LogP contribution in [0.4, 0.5) is 13.2 Å². The van der Waals surface area contributed by atoms with Gasteiger partial charge < -0.3 is 4.90 Å². The number of sulfonamides is 1. The van der Waals surface area contributed by atoms with Crippen molar-refractivity contribution in [3.8, 4) is 0 Å². The Morgan fingerprint density at radius 1 is 0.967 bits per heavy atom. The van der Waals surface area contributed by atoms with Gasteiger partial charge in [-0.25, -0.2) is 8.42 Å². The summed E-state index contributed by atoms with van der Waals surface area (Å²) in [5.41, 5.74) is -0.962. The van der Waals surface area contributed by atoms with Gasteiger partial charge >= 0.3 is 6.18 Å². The van der Waals surface area contributed by atoms with Crippen molar-refractivity contribution in [2.75, 3.05) is 13.1 Å². The lowest BCUT2D eigenvalue weighted by Crippen LogP contribution is -2.50. The van der Waals surface area contributed by atoms with Crippen LogP contribution in [0.2, 0.25) is 0 Å². The standard InChI is InChI=1S/C21H27F3N2O3S/c22-21(23,24)16-6-3-7-19(14-16)30(28,29)26(17-8-9-17)18-10-12-25(13-11-18)20(27)15-4-1-2-5-15/h3,6-7,14-15,17-18H,1-2,4-5,8-13H2. The third-order valence-electron chi connectivity index (χ3n) is 6.48. The lowest BCUT2D eigenvalue weighted by atomic mass is 10.0. The number of benzene rings is 1. The molecule has 1 heterocycles. The Labute approximate surface area is 175 Å². The molecule has 1 amide bonds. The minimum absolute atomic E-state index is 0.0925. The molecule has 9 heteroatoms. The monoisotopic (exact) mass is 444 g/mol. The minimum Gasteiger partial charge on any atom is -0.342 e. The van der Waals surface area contributed by atoms with Crippen LogP contribution in [0, 0.1) is 5.92 Å². The third-order valence-corrected chi connectivity index (χ3v) is 8.49. The van der Waals surface area contributed by atoms with Gasteiger partial charge in [0.1, 0.15) is 0 Å². The molecule has 5 nitrogen and oxygen atoms in total. The van der Waals surface area contributed by atoms with Crippen molar-refractivity contribution in [2.24, 2.45) is 5.92 Å². The van der Waals surface area contributed by atoms with E-state index in [9.17, 15) is 26.4 Å². The van der Waals surface area contributed by atoms with Gasteiger partial charge in [-0.1, -0.05) is 18.9 Å². The summed E-state index contributed by atoms with van der Waals surface area (Å²) < 4.78 is 67.3. The van der Waals surface area contributed by atoms with Crippen molar-refractivity contribution in [3.63, 3.8) is 0 Å². The summed E-state index contributed by atoms with van der Waals surface area (Å²) >= 11 is 0. The van der Waals surface area contributed by atoms with Crippen molar-refractivity contribution in [1.29, 1.82) is 0 Å². The molecule has 0 bridgehead atoms. The van der Waals surface area contributed by atoms with Crippen LogP contribution in [-0.2, 0) is 21.0 Å². The number of alkyl halides is 3. The molecule has 2 aliphatic carbocycles. The maximum atomic E-state index is 13.3. The SMILES string of the molecule is O=C(C1CCCC1)N1CCC(N(C2CC2)S(=O)(=O)c2cccc(C(F)(F)F)c2)CC1. The average Bonchev–Trinajstić information content (AvgIpc) is 3.38. The Balaban J connectivity index is 1.50. The van der Waals surface area contributed by atoms with Gasteiger partial charge in [-0.2, -0.15) is 17.5 Å². The summed E-state index contributed by atoms with van der Waals surface area (Å²) in [7, 11) is -4.04. The zero-order chi connectivity index (χ0) is 21.5. The van der Waals surface area contributed by atoms with E-state index in [4.69, 9.17) is 0 Å². The van der Waals surface area contributed by atoms with Crippen molar-refractivity contribution in [1.82, 2.24) is 9.21 Å². The van der Waals surface area contributed by atoms with Crippen molar-refractivity contribution in [3.05, 3.63) is 29.8 Å². The zero-order valence-corrected chi connectivity index (χ0v) is 17.6. The Bertz CT molecular complexity index is 885. The summed E-state index contributed by atoms with van der Waals surface area (Å²) in [5.74, 6) is 0.264. The number of nitrogens with zero attached hydrogens (tertiary/aromatic N) is 2. The predicted molar refractivity (Wildman–Crippen MR) is 105 cm³/mol. The van der Waals surface area contributed by atoms with Crippen LogP contribution in [0.25, 0.3) is 0 Å². The first-order chi connectivity index (χ1) is 14.2. The van der Waals surface area contributed by atoms with E-state index < -0.39 is 21.8 Å². The molecule has 3 aliphatic rings. The number of rotatable bonds is 5. The molecule has 0 radical (unpaired) electrons. The molecule has 1 aromatic carbocycles. The number of halogens is 3. The van der Waals surface area contributed by atoms with Crippen LogP contribution in [-0.4, -0.2) is 48.7 Å². The van der Waals surface area contributed by atoms with Gasteiger partial charge in [-0.3, -0.25) is 4.79 Å². The molecule has 0 atom stereocenters. The van der Waals surface area contributed by atoms with Crippen molar-refractivity contribution in [2.45, 2.75) is 74.5 Å². The van der Waals surface area contributed by atoms with Gasteiger partial charge in [0, 0.05) is 31.1 Å². The van der Waals surface area contributed by atoms with E-state index in [0.29, 0.717) is 25.9 Å². The molecule has 4 rings (SSSR count). The van der Waals surface area contributed by atoms with E-state index >= 15 is 0 Å². The summed E-state index contributed by atoms with van der Waals surface area (Å²) in [6.45, 7) is 1.00. The van der Waals surface area contributed by atoms with Crippen LogP contribution in [0.3, 0.4) is 0 Å². The second-order valence-electron chi connectivity index (χ2n) is 8.63. The van der Waals surface area contributed by atoms with Crippen LogP contribution in [0.15, 0.2) is 29.2 Å². The number of amides is 1. The van der Waals surface area contributed by atoms with Gasteiger partial charge in [-0.15, -0.1) is 0 Å². The van der Waals surface area contributed by atoms with Gasteiger partial charge in [0.2, 0.25) is 15.9 Å². The summed E-state index contributed by atoms with van der Waals surface area (Å²) in [5, 5.41) is 0. The maximum absolute atomic E-state index is 13.3. The Morgan fingerprint density at radius 2 is 1.57 bits per heavy atom. The van der Waals surface area contributed by atoms with Gasteiger partial charge in [0.25, 0.3) is 0 Å². The lowest BCUT2D eigenvalue weighted by molar-refractivity contribution is -0.138. The molecule has 1 aromatic rings. The number of hydrogen-bond acceptors (Lipinski definition) is 3. The quantitative estimate of drug-likeness (QED) is 0.689. The molecule has 1 saturated heterocycles. The Hall–Kier alpha value is -1.61. The van der Waals surface area contributed by atoms with E-state index in [1.807, 2.05) is 4.90 Å². The number of carbonyl (C=O) groups is 1. The zero-order valence-electron chi connectivity index (χ0n) is 16.8. The van der Waals surface area contributed by atoms with Crippen LogP contribution in [0.1, 0.15) is 56.9 Å². The Morgan fingerprint density at radius 3 is 2.13 bits per heavy atom. The molecular formula is C21H27F3N2O3S. The van der Waals surface area contributed by atoms with Gasteiger partial charge in [-0.05, 0) is 56.7 Å². The third kappa shape index (κ3) is 4.37. The largest absolute Gasteiger partial charge is 0.416 e. The highest BCUT2D eigenvalue weighted by Gasteiger charge is 2.44. The highest BCUT2D eigenvalue weighted by atomic mass is 32.2. The smallest absolute Gasteiger partial charge is 0.342 e. The van der Waals surface area contributed by atoms with E-state index in [2.05, 4.69) is 0 Å². The van der Waals surface area contributed by atoms with Gasteiger partial charge in [0.05, 0.1) is 10.5 Å². The Kier molecular flexibility index (Phi) is 5.87. The van der Waals surface area contributed by atoms with Crippen LogP contribution in [0.5, 0.6) is 0 Å². The maximum Gasteiger partial charge on any atom is 0.416 e. The number of likely N-dealkylation sites (tertiary alicyclic amines) is 1. The topological polar surface area (TPSA) is 57.7 Å². The van der Waals surface area contributed by atoms with E-state index in [-0.39, 0.29) is 28.8 Å². The summed E-state index contributed by atoms with van der Waals surface area (Å²) in [6.07, 6.45) is 1.91. The van der Waals surface area contributed by atoms with Crippen molar-refractivity contribution >= 4 is 15.9 Å². The number of hydrogen-bond donors (Lipinski definition) is 0. The molecule has 0 N–H and O–H groups in total. The molecule has 0 aromatic heterocycles. The fraction of sp³-hybridized carbons (Fsp3) is 0.667. The summed E-state index contributed by atoms with van der Waals surface area (Å²) in [6, 6.07) is 3.54. The minimum atomic E-state index is -4.60. The number of piperidine rings is 1. The molecule has 30 heavy (non-hydrogen) atoms. The number of carbonyl (C=O) groups excluding carboxylic acids is 1.